The fourth-order valence-electron chi connectivity index (χ4n) is 4.21. The van der Waals surface area contributed by atoms with Gasteiger partial charge in [0.1, 0.15) is 19.3 Å². The van der Waals surface area contributed by atoms with Crippen LogP contribution >= 0.6 is 0 Å². The van der Waals surface area contributed by atoms with Gasteiger partial charge < -0.3 is 14.6 Å². The number of rotatable bonds is 26. The number of ether oxygens (including phenoxy) is 2. The lowest BCUT2D eigenvalue weighted by Crippen LogP contribution is -2.25. The molecule has 0 rings (SSSR count). The molecule has 208 valence electrons. The molecule has 0 radical (unpaired) electrons. The number of unbranched alkanes of at least 4 members (excludes halogenated alkanes) is 16. The van der Waals surface area contributed by atoms with Crippen molar-refractivity contribution in [2.24, 2.45) is 5.92 Å². The molecule has 0 bridgehead atoms. The van der Waals surface area contributed by atoms with Crippen LogP contribution in [0.1, 0.15) is 156 Å². The van der Waals surface area contributed by atoms with E-state index in [1.807, 2.05) is 0 Å². The molecule has 0 aromatic heterocycles. The quantitative estimate of drug-likeness (QED) is 0.0959. The van der Waals surface area contributed by atoms with Crippen molar-refractivity contribution in [1.82, 2.24) is 0 Å². The highest BCUT2D eigenvalue weighted by atomic mass is 16.6. The number of hydrogen-bond donors (Lipinski definition) is 1. The molecule has 5 nitrogen and oxygen atoms in total. The molecule has 5 heteroatoms. The van der Waals surface area contributed by atoms with E-state index in [4.69, 9.17) is 9.47 Å². The van der Waals surface area contributed by atoms with Crippen LogP contribution in [0.5, 0.6) is 0 Å². The van der Waals surface area contributed by atoms with Gasteiger partial charge in [0.15, 0.2) is 0 Å². The van der Waals surface area contributed by atoms with Gasteiger partial charge in [-0.3, -0.25) is 9.59 Å². The Morgan fingerprint density at radius 1 is 0.571 bits per heavy atom. The molecule has 0 saturated heterocycles. The summed E-state index contributed by atoms with van der Waals surface area (Å²) in [5.74, 6) is 0.255. The lowest BCUT2D eigenvalue weighted by Gasteiger charge is -2.12. The van der Waals surface area contributed by atoms with E-state index < -0.39 is 6.10 Å². The van der Waals surface area contributed by atoms with Crippen LogP contribution in [-0.4, -0.2) is 36.4 Å². The fourth-order valence-corrected chi connectivity index (χ4v) is 4.21. The summed E-state index contributed by atoms with van der Waals surface area (Å²) >= 11 is 0. The Bertz CT molecular complexity index is 477. The maximum Gasteiger partial charge on any atom is 0.305 e. The van der Waals surface area contributed by atoms with E-state index in [0.29, 0.717) is 12.8 Å². The van der Waals surface area contributed by atoms with Crippen LogP contribution in [0.2, 0.25) is 0 Å². The second kappa shape index (κ2) is 26.0. The molecular weight excluding hydrogens is 440 g/mol. The predicted molar refractivity (Wildman–Crippen MR) is 145 cm³/mol. The van der Waals surface area contributed by atoms with Crippen LogP contribution in [0.15, 0.2) is 0 Å². The molecule has 0 amide bonds. The van der Waals surface area contributed by atoms with Gasteiger partial charge in [0, 0.05) is 12.8 Å². The van der Waals surface area contributed by atoms with E-state index in [-0.39, 0.29) is 25.2 Å². The van der Waals surface area contributed by atoms with E-state index in [1.54, 1.807) is 0 Å². The zero-order valence-corrected chi connectivity index (χ0v) is 23.5. The number of aliphatic hydroxyl groups excluding tert-OH is 1. The highest BCUT2D eigenvalue weighted by molar-refractivity contribution is 5.69. The molecule has 0 aliphatic carbocycles. The number of aliphatic hydroxyl groups is 1. The van der Waals surface area contributed by atoms with Gasteiger partial charge >= 0.3 is 11.9 Å². The standard InChI is InChI=1S/C30H58O5/c1-4-5-6-7-8-10-14-17-20-23-29(32)34-25-28(31)26-35-30(33)24-21-18-15-12-9-11-13-16-19-22-27(2)3/h27-28,31H,4-26H2,1-3H3/t28-/m1/s1. The van der Waals surface area contributed by atoms with Crippen molar-refractivity contribution in [2.75, 3.05) is 13.2 Å². The Labute approximate surface area is 217 Å². The van der Waals surface area contributed by atoms with Crippen molar-refractivity contribution < 1.29 is 24.2 Å². The molecule has 1 N–H and O–H groups in total. The van der Waals surface area contributed by atoms with Crippen molar-refractivity contribution in [2.45, 2.75) is 162 Å². The number of esters is 2. The smallest absolute Gasteiger partial charge is 0.305 e. The molecule has 0 aliphatic heterocycles. The first kappa shape index (κ1) is 33.9. The monoisotopic (exact) mass is 498 g/mol. The molecule has 0 heterocycles. The predicted octanol–water partition coefficient (Wildman–Crippen LogP) is 8.30. The number of carbonyl (C=O) groups excluding carboxylic acids is 2. The summed E-state index contributed by atoms with van der Waals surface area (Å²) in [6.45, 7) is 6.58. The summed E-state index contributed by atoms with van der Waals surface area (Å²) < 4.78 is 10.2. The van der Waals surface area contributed by atoms with E-state index in [1.165, 1.54) is 83.5 Å². The fraction of sp³-hybridized carbons (Fsp3) is 0.933. The van der Waals surface area contributed by atoms with Crippen LogP contribution in [0.25, 0.3) is 0 Å². The molecule has 0 aliphatic rings. The van der Waals surface area contributed by atoms with E-state index in [0.717, 1.165) is 44.4 Å². The Balaban J connectivity index is 3.43. The molecule has 0 saturated carbocycles. The van der Waals surface area contributed by atoms with Crippen molar-refractivity contribution in [1.29, 1.82) is 0 Å². The van der Waals surface area contributed by atoms with Crippen LogP contribution in [0, 0.1) is 5.92 Å². The summed E-state index contributed by atoms with van der Waals surface area (Å²) in [7, 11) is 0. The van der Waals surface area contributed by atoms with Gasteiger partial charge in [0.25, 0.3) is 0 Å². The first-order valence-electron chi connectivity index (χ1n) is 14.9. The zero-order valence-electron chi connectivity index (χ0n) is 23.5. The Kier molecular flexibility index (Phi) is 25.2. The van der Waals surface area contributed by atoms with Gasteiger partial charge in [0.2, 0.25) is 0 Å². The number of carbonyl (C=O) groups is 2. The lowest BCUT2D eigenvalue weighted by atomic mass is 10.0. The lowest BCUT2D eigenvalue weighted by molar-refractivity contribution is -0.152. The maximum absolute atomic E-state index is 11.8. The summed E-state index contributed by atoms with van der Waals surface area (Å²) in [5, 5.41) is 9.90. The van der Waals surface area contributed by atoms with Gasteiger partial charge in [0.05, 0.1) is 0 Å². The third kappa shape index (κ3) is 27.3. The van der Waals surface area contributed by atoms with Crippen molar-refractivity contribution in [3.05, 3.63) is 0 Å². The Morgan fingerprint density at radius 3 is 1.29 bits per heavy atom. The average molecular weight is 499 g/mol. The third-order valence-corrected chi connectivity index (χ3v) is 6.52. The minimum absolute atomic E-state index is 0.110. The second-order valence-corrected chi connectivity index (χ2v) is 10.7. The van der Waals surface area contributed by atoms with Crippen LogP contribution < -0.4 is 0 Å². The van der Waals surface area contributed by atoms with Gasteiger partial charge in [-0.15, -0.1) is 0 Å². The summed E-state index contributed by atoms with van der Waals surface area (Å²) in [6, 6.07) is 0. The van der Waals surface area contributed by atoms with Gasteiger partial charge in [-0.05, 0) is 18.8 Å². The molecule has 0 unspecified atom stereocenters. The van der Waals surface area contributed by atoms with Crippen molar-refractivity contribution in [3.8, 4) is 0 Å². The SMILES string of the molecule is CCCCCCCCCCCC(=O)OC[C@@H](O)COC(=O)CCCCCCCCCCCC(C)C. The van der Waals surface area contributed by atoms with Crippen LogP contribution in [0.4, 0.5) is 0 Å². The largest absolute Gasteiger partial charge is 0.463 e. The molecule has 0 fully saturated rings. The Morgan fingerprint density at radius 2 is 0.914 bits per heavy atom. The number of hydrogen-bond acceptors (Lipinski definition) is 5. The second-order valence-electron chi connectivity index (χ2n) is 10.7. The molecule has 0 spiro atoms. The Hall–Kier alpha value is -1.10. The van der Waals surface area contributed by atoms with Crippen LogP contribution in [-0.2, 0) is 19.1 Å². The topological polar surface area (TPSA) is 72.8 Å². The average Bonchev–Trinajstić information content (AvgIpc) is 2.83. The minimum atomic E-state index is -0.952. The molecular formula is C30H58O5. The van der Waals surface area contributed by atoms with Gasteiger partial charge in [-0.2, -0.15) is 0 Å². The first-order chi connectivity index (χ1) is 17.0. The zero-order chi connectivity index (χ0) is 26.0. The summed E-state index contributed by atoms with van der Waals surface area (Å²) in [4.78, 5) is 23.6. The molecule has 0 aromatic rings. The van der Waals surface area contributed by atoms with Crippen LogP contribution in [0.3, 0.4) is 0 Å². The molecule has 1 atom stereocenters. The summed E-state index contributed by atoms with van der Waals surface area (Å²) in [5.41, 5.74) is 0. The highest BCUT2D eigenvalue weighted by Gasteiger charge is 2.12. The third-order valence-electron chi connectivity index (χ3n) is 6.52. The van der Waals surface area contributed by atoms with E-state index in [2.05, 4.69) is 20.8 Å². The first-order valence-corrected chi connectivity index (χ1v) is 14.9. The minimum Gasteiger partial charge on any atom is -0.463 e. The van der Waals surface area contributed by atoms with E-state index in [9.17, 15) is 14.7 Å². The molecule has 35 heavy (non-hydrogen) atoms. The van der Waals surface area contributed by atoms with Gasteiger partial charge in [-0.1, -0.05) is 130 Å². The van der Waals surface area contributed by atoms with E-state index >= 15 is 0 Å². The maximum atomic E-state index is 11.8. The van der Waals surface area contributed by atoms with Crippen molar-refractivity contribution in [3.63, 3.8) is 0 Å². The molecule has 0 aromatic carbocycles. The highest BCUT2D eigenvalue weighted by Crippen LogP contribution is 2.14. The summed E-state index contributed by atoms with van der Waals surface area (Å²) in [6.07, 6.45) is 22.9. The normalized spacial score (nSPS) is 12.1. The van der Waals surface area contributed by atoms with Gasteiger partial charge in [-0.25, -0.2) is 0 Å². The van der Waals surface area contributed by atoms with Crippen molar-refractivity contribution >= 4 is 11.9 Å².